The van der Waals surface area contributed by atoms with Crippen LogP contribution in [-0.4, -0.2) is 34.3 Å². The quantitative estimate of drug-likeness (QED) is 0.408. The lowest BCUT2D eigenvalue weighted by Gasteiger charge is -2.04. The van der Waals surface area contributed by atoms with Crippen LogP contribution in [0.4, 0.5) is 0 Å². The maximum atomic E-state index is 12.3. The van der Waals surface area contributed by atoms with Gasteiger partial charge in [0, 0.05) is 19.0 Å². The van der Waals surface area contributed by atoms with Crippen LogP contribution >= 0.6 is 23.1 Å². The molecule has 0 radical (unpaired) electrons. The van der Waals surface area contributed by atoms with Crippen LogP contribution in [0.3, 0.4) is 0 Å². The van der Waals surface area contributed by atoms with Gasteiger partial charge in [0.25, 0.3) is 10.8 Å². The number of unbranched alkanes of at least 4 members (excludes halogenated alkanes) is 1. The summed E-state index contributed by atoms with van der Waals surface area (Å²) >= 11 is 2.91. The second-order valence-electron chi connectivity index (χ2n) is 6.81. The van der Waals surface area contributed by atoms with Crippen LogP contribution < -0.4 is 11.2 Å². The summed E-state index contributed by atoms with van der Waals surface area (Å²) in [5.74, 6) is 1.56. The van der Waals surface area contributed by atoms with E-state index in [0.717, 1.165) is 23.5 Å². The largest absolute Gasteiger partial charge is 0.416 e. The number of thioether (sulfide) groups is 1. The second-order valence-corrected chi connectivity index (χ2v) is 8.80. The highest BCUT2D eigenvalue weighted by atomic mass is 32.2. The predicted molar refractivity (Wildman–Crippen MR) is 114 cm³/mol. The first-order valence-corrected chi connectivity index (χ1v) is 11.4. The van der Waals surface area contributed by atoms with Crippen LogP contribution in [0.1, 0.15) is 42.2 Å². The lowest BCUT2D eigenvalue weighted by atomic mass is 10.3. The molecule has 4 rings (SSSR count). The maximum Gasteiger partial charge on any atom is 0.330 e. The molecule has 1 N–H and O–H groups in total. The number of aromatic amines is 1. The van der Waals surface area contributed by atoms with Gasteiger partial charge in [-0.05, 0) is 13.3 Å². The Morgan fingerprint density at radius 3 is 2.83 bits per heavy atom. The number of imidazole rings is 1. The van der Waals surface area contributed by atoms with Crippen molar-refractivity contribution in [3.63, 3.8) is 0 Å². The Morgan fingerprint density at radius 1 is 1.27 bits per heavy atom. The SMILES string of the molecule is CCCCn1c(=O)[nH]c(=O)c2c1nc(CSc1nnc(Cc3csc(C)n3)o1)n2C. The van der Waals surface area contributed by atoms with Gasteiger partial charge in [-0.25, -0.2) is 14.8 Å². The Bertz CT molecular complexity index is 1300. The summed E-state index contributed by atoms with van der Waals surface area (Å²) in [6.45, 7) is 4.50. The summed E-state index contributed by atoms with van der Waals surface area (Å²) in [5.41, 5.74) is 0.814. The summed E-state index contributed by atoms with van der Waals surface area (Å²) in [6.07, 6.45) is 2.25. The molecule has 0 aliphatic carbocycles. The minimum Gasteiger partial charge on any atom is -0.416 e. The summed E-state index contributed by atoms with van der Waals surface area (Å²) in [7, 11) is 1.76. The molecule has 0 atom stereocenters. The van der Waals surface area contributed by atoms with Crippen LogP contribution in [0, 0.1) is 6.92 Å². The molecule has 4 aromatic rings. The van der Waals surface area contributed by atoms with Gasteiger partial charge in [0.2, 0.25) is 5.89 Å². The molecule has 4 aromatic heterocycles. The molecule has 0 fully saturated rings. The lowest BCUT2D eigenvalue weighted by Crippen LogP contribution is -2.31. The van der Waals surface area contributed by atoms with Gasteiger partial charge < -0.3 is 8.98 Å². The first-order valence-electron chi connectivity index (χ1n) is 9.51. The van der Waals surface area contributed by atoms with E-state index in [-0.39, 0.29) is 0 Å². The van der Waals surface area contributed by atoms with Gasteiger partial charge in [-0.3, -0.25) is 14.3 Å². The van der Waals surface area contributed by atoms with Crippen LogP contribution in [0.25, 0.3) is 11.2 Å². The lowest BCUT2D eigenvalue weighted by molar-refractivity contribution is 0.419. The summed E-state index contributed by atoms with van der Waals surface area (Å²) in [6, 6.07) is 0. The molecule has 0 spiro atoms. The number of aromatic nitrogens is 7. The van der Waals surface area contributed by atoms with Crippen molar-refractivity contribution in [2.24, 2.45) is 7.05 Å². The zero-order chi connectivity index (χ0) is 21.3. The van der Waals surface area contributed by atoms with Crippen molar-refractivity contribution in [2.75, 3.05) is 0 Å². The van der Waals surface area contributed by atoms with Crippen LogP contribution in [-0.2, 0) is 25.8 Å². The van der Waals surface area contributed by atoms with Gasteiger partial charge in [0.1, 0.15) is 5.82 Å². The number of H-pyrrole nitrogens is 1. The maximum absolute atomic E-state index is 12.3. The van der Waals surface area contributed by atoms with E-state index in [2.05, 4.69) is 25.1 Å². The van der Waals surface area contributed by atoms with Gasteiger partial charge in [-0.1, -0.05) is 25.1 Å². The molecule has 0 aliphatic heterocycles. The second kappa shape index (κ2) is 8.56. The van der Waals surface area contributed by atoms with E-state index >= 15 is 0 Å². The van der Waals surface area contributed by atoms with E-state index in [4.69, 9.17) is 4.42 Å². The van der Waals surface area contributed by atoms with Crippen LogP contribution in [0.15, 0.2) is 24.6 Å². The molecule has 158 valence electrons. The first kappa shape index (κ1) is 20.5. The van der Waals surface area contributed by atoms with Crippen molar-refractivity contribution in [1.29, 1.82) is 0 Å². The van der Waals surface area contributed by atoms with E-state index < -0.39 is 11.2 Å². The van der Waals surface area contributed by atoms with Crippen molar-refractivity contribution >= 4 is 34.3 Å². The number of thiazole rings is 1. The third-order valence-electron chi connectivity index (χ3n) is 4.61. The Balaban J connectivity index is 1.54. The molecule has 0 bridgehead atoms. The van der Waals surface area contributed by atoms with Crippen molar-refractivity contribution in [1.82, 2.24) is 34.3 Å². The van der Waals surface area contributed by atoms with Crippen molar-refractivity contribution in [2.45, 2.75) is 50.6 Å². The minimum absolute atomic E-state index is 0.381. The summed E-state index contributed by atoms with van der Waals surface area (Å²) in [4.78, 5) is 35.9. The molecule has 30 heavy (non-hydrogen) atoms. The average molecular weight is 448 g/mol. The average Bonchev–Trinajstić information content (AvgIpc) is 3.40. The predicted octanol–water partition coefficient (Wildman–Crippen LogP) is 2.25. The molecule has 10 nitrogen and oxygen atoms in total. The molecule has 0 saturated carbocycles. The standard InChI is InChI=1S/C18H21N7O3S2/c1-4-5-6-25-15-14(16(26)21-17(25)27)24(3)12(20-15)9-30-18-23-22-13(28-18)7-11-8-29-10(2)19-11/h8H,4-7,9H2,1-3H3,(H,21,26,27). The number of nitrogens with one attached hydrogen (secondary N) is 1. The normalized spacial score (nSPS) is 11.6. The fourth-order valence-corrected chi connectivity index (χ4v) is 4.46. The molecule has 0 unspecified atom stereocenters. The van der Waals surface area contributed by atoms with Crippen LogP contribution in [0.5, 0.6) is 0 Å². The number of nitrogens with zero attached hydrogens (tertiary/aromatic N) is 6. The van der Waals surface area contributed by atoms with Gasteiger partial charge in [-0.2, -0.15) is 0 Å². The third kappa shape index (κ3) is 4.10. The van der Waals surface area contributed by atoms with Gasteiger partial charge >= 0.3 is 5.69 Å². The van der Waals surface area contributed by atoms with Crippen molar-refractivity contribution in [3.8, 4) is 0 Å². The molecule has 0 saturated heterocycles. The van der Waals surface area contributed by atoms with Gasteiger partial charge in [-0.15, -0.1) is 21.5 Å². The van der Waals surface area contributed by atoms with Gasteiger partial charge in [0.15, 0.2) is 11.2 Å². The highest BCUT2D eigenvalue weighted by Gasteiger charge is 2.17. The summed E-state index contributed by atoms with van der Waals surface area (Å²) < 4.78 is 8.93. The zero-order valence-corrected chi connectivity index (χ0v) is 18.5. The smallest absolute Gasteiger partial charge is 0.330 e. The Labute approximate surface area is 179 Å². The Kier molecular flexibility index (Phi) is 5.86. The molecule has 0 aliphatic rings. The van der Waals surface area contributed by atoms with E-state index in [0.29, 0.717) is 46.8 Å². The first-order chi connectivity index (χ1) is 14.5. The van der Waals surface area contributed by atoms with E-state index in [1.165, 1.54) is 16.3 Å². The van der Waals surface area contributed by atoms with E-state index in [9.17, 15) is 9.59 Å². The highest BCUT2D eigenvalue weighted by Crippen LogP contribution is 2.23. The third-order valence-corrected chi connectivity index (χ3v) is 6.25. The number of hydrogen-bond donors (Lipinski definition) is 1. The molecular weight excluding hydrogens is 426 g/mol. The molecule has 12 heteroatoms. The topological polar surface area (TPSA) is 124 Å². The van der Waals surface area contributed by atoms with Crippen molar-refractivity contribution < 1.29 is 4.42 Å². The fraction of sp³-hybridized carbons (Fsp3) is 0.444. The van der Waals surface area contributed by atoms with Crippen LogP contribution in [0.2, 0.25) is 0 Å². The Hall–Kier alpha value is -2.73. The van der Waals surface area contributed by atoms with Crippen molar-refractivity contribution in [3.05, 3.63) is 48.6 Å². The monoisotopic (exact) mass is 447 g/mol. The van der Waals surface area contributed by atoms with Gasteiger partial charge in [0.05, 0.1) is 22.9 Å². The number of hydrogen-bond acceptors (Lipinski definition) is 9. The summed E-state index contributed by atoms with van der Waals surface area (Å²) in [5, 5.41) is 11.5. The molecule has 0 amide bonds. The zero-order valence-electron chi connectivity index (χ0n) is 16.8. The molecule has 0 aromatic carbocycles. The Morgan fingerprint density at radius 2 is 2.10 bits per heavy atom. The van der Waals surface area contributed by atoms with E-state index in [1.807, 2.05) is 19.2 Å². The fourth-order valence-electron chi connectivity index (χ4n) is 3.08. The van der Waals surface area contributed by atoms with E-state index in [1.54, 1.807) is 23.0 Å². The minimum atomic E-state index is -0.437. The molecular formula is C18H21N7O3S2. The molecule has 4 heterocycles. The highest BCUT2D eigenvalue weighted by molar-refractivity contribution is 7.98. The number of rotatable bonds is 8. The number of fused-ring (bicyclic) bond motifs is 1. The number of aryl methyl sites for hydroxylation is 3.